The van der Waals surface area contributed by atoms with Crippen molar-refractivity contribution in [3.05, 3.63) is 96.5 Å². The van der Waals surface area contributed by atoms with Crippen LogP contribution in [0, 0.1) is 0 Å². The fourth-order valence-electron chi connectivity index (χ4n) is 3.11. The number of carbonyl (C=O) groups excluding carboxylic acids is 1. The molecule has 9 nitrogen and oxygen atoms in total. The predicted molar refractivity (Wildman–Crippen MR) is 114 cm³/mol. The van der Waals surface area contributed by atoms with E-state index in [1.54, 1.807) is 49.1 Å². The SMILES string of the molecule is O=C(Nc1ccccc1Cc1nc(-c2cccnc2)no1)c1cc(-c2cccnc2)on1. The minimum Gasteiger partial charge on any atom is -0.355 e. The number of aromatic nitrogens is 5. The first-order valence-electron chi connectivity index (χ1n) is 9.75. The average molecular weight is 424 g/mol. The lowest BCUT2D eigenvalue weighted by molar-refractivity contribution is 0.101. The topological polar surface area (TPSA) is 120 Å². The molecule has 5 rings (SSSR count). The second-order valence-electron chi connectivity index (χ2n) is 6.86. The normalized spacial score (nSPS) is 10.8. The van der Waals surface area contributed by atoms with Crippen LogP contribution in [0.1, 0.15) is 21.9 Å². The number of hydrogen-bond acceptors (Lipinski definition) is 8. The first-order chi connectivity index (χ1) is 15.8. The van der Waals surface area contributed by atoms with Crippen molar-refractivity contribution in [3.8, 4) is 22.7 Å². The summed E-state index contributed by atoms with van der Waals surface area (Å²) in [4.78, 5) is 25.3. The first-order valence-corrected chi connectivity index (χ1v) is 9.75. The van der Waals surface area contributed by atoms with Crippen molar-refractivity contribution in [2.75, 3.05) is 5.32 Å². The average Bonchev–Trinajstić information content (AvgIpc) is 3.52. The minimum atomic E-state index is -0.391. The molecule has 0 unspecified atom stereocenters. The van der Waals surface area contributed by atoms with Gasteiger partial charge in [0, 0.05) is 47.7 Å². The fourth-order valence-corrected chi connectivity index (χ4v) is 3.11. The van der Waals surface area contributed by atoms with Crippen molar-refractivity contribution in [2.45, 2.75) is 6.42 Å². The molecule has 0 spiro atoms. The number of nitrogens with zero attached hydrogens (tertiary/aromatic N) is 5. The van der Waals surface area contributed by atoms with Crippen LogP contribution >= 0.6 is 0 Å². The van der Waals surface area contributed by atoms with Crippen LogP contribution in [0.5, 0.6) is 0 Å². The van der Waals surface area contributed by atoms with Gasteiger partial charge in [0.25, 0.3) is 5.91 Å². The van der Waals surface area contributed by atoms with Crippen molar-refractivity contribution >= 4 is 11.6 Å². The number of hydrogen-bond donors (Lipinski definition) is 1. The summed E-state index contributed by atoms with van der Waals surface area (Å²) in [6.07, 6.45) is 7.00. The van der Waals surface area contributed by atoms with Crippen LogP contribution in [0.2, 0.25) is 0 Å². The predicted octanol–water partition coefficient (Wildman–Crippen LogP) is 4.02. The third kappa shape index (κ3) is 4.12. The quantitative estimate of drug-likeness (QED) is 0.434. The highest BCUT2D eigenvalue weighted by atomic mass is 16.5. The highest BCUT2D eigenvalue weighted by Crippen LogP contribution is 2.23. The van der Waals surface area contributed by atoms with Crippen LogP contribution in [0.15, 0.2) is 88.4 Å². The number of para-hydroxylation sites is 1. The van der Waals surface area contributed by atoms with Crippen LogP contribution in [0.25, 0.3) is 22.7 Å². The van der Waals surface area contributed by atoms with E-state index in [2.05, 4.69) is 30.6 Å². The summed E-state index contributed by atoms with van der Waals surface area (Å²) in [5, 5.41) is 10.8. The van der Waals surface area contributed by atoms with Gasteiger partial charge >= 0.3 is 0 Å². The van der Waals surface area contributed by atoms with E-state index in [0.29, 0.717) is 29.6 Å². The molecule has 4 heterocycles. The Balaban J connectivity index is 1.33. The molecular formula is C23H16N6O3. The smallest absolute Gasteiger partial charge is 0.277 e. The summed E-state index contributed by atoms with van der Waals surface area (Å²) in [7, 11) is 0. The maximum absolute atomic E-state index is 12.7. The monoisotopic (exact) mass is 424 g/mol. The molecule has 1 N–H and O–H groups in total. The number of anilines is 1. The molecule has 32 heavy (non-hydrogen) atoms. The summed E-state index contributed by atoms with van der Waals surface area (Å²) in [6, 6.07) is 16.2. The Bertz CT molecular complexity index is 1350. The fraction of sp³-hybridized carbons (Fsp3) is 0.0435. The van der Waals surface area contributed by atoms with Gasteiger partial charge in [-0.25, -0.2) is 0 Å². The molecule has 5 aromatic rings. The molecule has 0 saturated heterocycles. The van der Waals surface area contributed by atoms with Crippen molar-refractivity contribution in [1.82, 2.24) is 25.3 Å². The maximum Gasteiger partial charge on any atom is 0.277 e. The Morgan fingerprint density at radius 3 is 2.44 bits per heavy atom. The van der Waals surface area contributed by atoms with Gasteiger partial charge in [-0.15, -0.1) is 0 Å². The zero-order valence-electron chi connectivity index (χ0n) is 16.7. The molecule has 156 valence electrons. The van der Waals surface area contributed by atoms with Gasteiger partial charge in [0.15, 0.2) is 11.5 Å². The van der Waals surface area contributed by atoms with Gasteiger partial charge in [0.2, 0.25) is 11.7 Å². The van der Waals surface area contributed by atoms with E-state index >= 15 is 0 Å². The van der Waals surface area contributed by atoms with Crippen molar-refractivity contribution in [3.63, 3.8) is 0 Å². The third-order valence-electron chi connectivity index (χ3n) is 4.68. The standard InChI is InChI=1S/C23H16N6O3/c30-23(19-12-20(31-28-19)16-6-3-9-24-13-16)26-18-8-2-1-5-15(18)11-21-27-22(29-32-21)17-7-4-10-25-14-17/h1-10,12-14H,11H2,(H,26,30). The molecule has 4 aromatic heterocycles. The van der Waals surface area contributed by atoms with Gasteiger partial charge in [-0.05, 0) is 35.9 Å². The van der Waals surface area contributed by atoms with Gasteiger partial charge in [0.05, 0.1) is 6.42 Å². The summed E-state index contributed by atoms with van der Waals surface area (Å²) in [5.41, 5.74) is 3.10. The molecule has 1 amide bonds. The van der Waals surface area contributed by atoms with Crippen molar-refractivity contribution in [1.29, 1.82) is 0 Å². The Hall–Kier alpha value is -4.66. The second kappa shape index (κ2) is 8.60. The van der Waals surface area contributed by atoms with Crippen LogP contribution in [-0.4, -0.2) is 31.2 Å². The molecule has 0 atom stereocenters. The number of benzene rings is 1. The molecule has 9 heteroatoms. The zero-order chi connectivity index (χ0) is 21.8. The summed E-state index contributed by atoms with van der Waals surface area (Å²) < 4.78 is 10.7. The lowest BCUT2D eigenvalue weighted by atomic mass is 10.1. The number of nitrogens with one attached hydrogen (secondary N) is 1. The van der Waals surface area contributed by atoms with Crippen molar-refractivity contribution in [2.24, 2.45) is 0 Å². The molecule has 0 fully saturated rings. The minimum absolute atomic E-state index is 0.162. The van der Waals surface area contributed by atoms with Crippen LogP contribution in [0.4, 0.5) is 5.69 Å². The Morgan fingerprint density at radius 2 is 1.66 bits per heavy atom. The van der Waals surface area contributed by atoms with Gasteiger partial charge in [-0.2, -0.15) is 4.98 Å². The van der Waals surface area contributed by atoms with E-state index in [9.17, 15) is 4.79 Å². The Kier molecular flexibility index (Phi) is 5.19. The van der Waals surface area contributed by atoms with E-state index < -0.39 is 5.91 Å². The largest absolute Gasteiger partial charge is 0.355 e. The van der Waals surface area contributed by atoms with Gasteiger partial charge in [0.1, 0.15) is 0 Å². The van der Waals surface area contributed by atoms with E-state index in [4.69, 9.17) is 9.05 Å². The van der Waals surface area contributed by atoms with Crippen LogP contribution in [-0.2, 0) is 6.42 Å². The molecule has 0 saturated carbocycles. The number of carbonyl (C=O) groups is 1. The van der Waals surface area contributed by atoms with Crippen LogP contribution in [0.3, 0.4) is 0 Å². The zero-order valence-corrected chi connectivity index (χ0v) is 16.7. The van der Waals surface area contributed by atoms with Gasteiger partial charge < -0.3 is 14.4 Å². The molecule has 0 aliphatic heterocycles. The molecule has 0 radical (unpaired) electrons. The number of pyridine rings is 2. The summed E-state index contributed by atoms with van der Waals surface area (Å²) in [5.74, 6) is 0.953. The first kappa shape index (κ1) is 19.3. The van der Waals surface area contributed by atoms with Gasteiger partial charge in [-0.3, -0.25) is 14.8 Å². The second-order valence-corrected chi connectivity index (χ2v) is 6.86. The maximum atomic E-state index is 12.7. The highest BCUT2D eigenvalue weighted by molar-refractivity contribution is 6.03. The molecular weight excluding hydrogens is 408 g/mol. The van der Waals surface area contributed by atoms with Crippen molar-refractivity contribution < 1.29 is 13.8 Å². The van der Waals surface area contributed by atoms with E-state index in [1.807, 2.05) is 30.3 Å². The third-order valence-corrected chi connectivity index (χ3v) is 4.68. The van der Waals surface area contributed by atoms with Crippen LogP contribution < -0.4 is 5.32 Å². The molecule has 0 aliphatic rings. The lowest BCUT2D eigenvalue weighted by Crippen LogP contribution is -2.13. The summed E-state index contributed by atoms with van der Waals surface area (Å²) in [6.45, 7) is 0. The molecule has 1 aromatic carbocycles. The van der Waals surface area contributed by atoms with E-state index in [1.165, 1.54) is 0 Å². The Morgan fingerprint density at radius 1 is 0.875 bits per heavy atom. The lowest BCUT2D eigenvalue weighted by Gasteiger charge is -2.08. The highest BCUT2D eigenvalue weighted by Gasteiger charge is 2.17. The number of rotatable bonds is 6. The van der Waals surface area contributed by atoms with E-state index in [-0.39, 0.29) is 5.69 Å². The number of amides is 1. The Labute approximate surface area is 182 Å². The van der Waals surface area contributed by atoms with Gasteiger partial charge in [-0.1, -0.05) is 28.5 Å². The summed E-state index contributed by atoms with van der Waals surface area (Å²) >= 11 is 0. The molecule has 0 bridgehead atoms. The molecule has 0 aliphatic carbocycles. The van der Waals surface area contributed by atoms with E-state index in [0.717, 1.165) is 16.7 Å².